The van der Waals surface area contributed by atoms with Gasteiger partial charge in [0, 0.05) is 18.3 Å². The summed E-state index contributed by atoms with van der Waals surface area (Å²) in [6.45, 7) is 1.90. The Labute approximate surface area is 112 Å². The maximum atomic E-state index is 10.9. The summed E-state index contributed by atoms with van der Waals surface area (Å²) < 4.78 is 4.86. The fourth-order valence-electron chi connectivity index (χ4n) is 1.52. The summed E-state index contributed by atoms with van der Waals surface area (Å²) >= 11 is 0. The van der Waals surface area contributed by atoms with Crippen LogP contribution in [-0.2, 0) is 6.54 Å². The van der Waals surface area contributed by atoms with Gasteiger partial charge in [0.15, 0.2) is 0 Å². The monoisotopic (exact) mass is 278 g/mol. The maximum Gasteiger partial charge on any atom is 0.337 e. The highest BCUT2D eigenvalue weighted by atomic mass is 16.6. The predicted octanol–water partition coefficient (Wildman–Crippen LogP) is 1.60. The standard InChI is InChI=1S/C11H10N4O5/c1-6-2-8(14-20-6)5-13-10-9(15(18)19)3-7(4-12-10)11(16)17/h2-4H,5H2,1H3,(H,12,13)(H,16,17). The zero-order valence-electron chi connectivity index (χ0n) is 10.4. The molecule has 0 aliphatic rings. The summed E-state index contributed by atoms with van der Waals surface area (Å²) in [6, 6.07) is 2.62. The van der Waals surface area contributed by atoms with Gasteiger partial charge in [0.2, 0.25) is 5.82 Å². The van der Waals surface area contributed by atoms with Crippen molar-refractivity contribution >= 4 is 17.5 Å². The van der Waals surface area contributed by atoms with Crippen LogP contribution < -0.4 is 5.32 Å². The SMILES string of the molecule is Cc1cc(CNc2ncc(C(=O)O)cc2[N+](=O)[O-])no1. The first-order valence-corrected chi connectivity index (χ1v) is 5.51. The Hall–Kier alpha value is -2.97. The molecule has 0 spiro atoms. The minimum atomic E-state index is -1.28. The lowest BCUT2D eigenvalue weighted by Crippen LogP contribution is -2.07. The highest BCUT2D eigenvalue weighted by molar-refractivity contribution is 5.88. The molecule has 0 radical (unpaired) electrons. The maximum absolute atomic E-state index is 10.9. The highest BCUT2D eigenvalue weighted by Crippen LogP contribution is 2.23. The van der Waals surface area contributed by atoms with Gasteiger partial charge in [0.25, 0.3) is 0 Å². The van der Waals surface area contributed by atoms with E-state index < -0.39 is 16.6 Å². The number of nitrogens with one attached hydrogen (secondary N) is 1. The van der Waals surface area contributed by atoms with Crippen LogP contribution in [0.2, 0.25) is 0 Å². The van der Waals surface area contributed by atoms with Crippen molar-refractivity contribution in [3.8, 4) is 0 Å². The van der Waals surface area contributed by atoms with E-state index in [1.807, 2.05) is 0 Å². The van der Waals surface area contributed by atoms with Crippen molar-refractivity contribution < 1.29 is 19.3 Å². The van der Waals surface area contributed by atoms with Gasteiger partial charge < -0.3 is 14.9 Å². The van der Waals surface area contributed by atoms with Gasteiger partial charge in [0.1, 0.15) is 11.5 Å². The average molecular weight is 278 g/mol. The van der Waals surface area contributed by atoms with Gasteiger partial charge in [-0.15, -0.1) is 0 Å². The van der Waals surface area contributed by atoms with Crippen molar-refractivity contribution in [2.24, 2.45) is 0 Å². The van der Waals surface area contributed by atoms with Crippen LogP contribution in [-0.4, -0.2) is 26.1 Å². The van der Waals surface area contributed by atoms with Crippen molar-refractivity contribution in [1.82, 2.24) is 10.1 Å². The lowest BCUT2D eigenvalue weighted by molar-refractivity contribution is -0.384. The van der Waals surface area contributed by atoms with Crippen molar-refractivity contribution in [3.05, 3.63) is 45.5 Å². The van der Waals surface area contributed by atoms with Crippen molar-refractivity contribution in [2.45, 2.75) is 13.5 Å². The van der Waals surface area contributed by atoms with Crippen molar-refractivity contribution in [1.29, 1.82) is 0 Å². The molecule has 9 heteroatoms. The van der Waals surface area contributed by atoms with Gasteiger partial charge in [-0.1, -0.05) is 5.16 Å². The second kappa shape index (κ2) is 5.34. The third kappa shape index (κ3) is 2.88. The smallest absolute Gasteiger partial charge is 0.337 e. The summed E-state index contributed by atoms with van der Waals surface area (Å²) in [6.07, 6.45) is 1.05. The number of aromatic nitrogens is 2. The van der Waals surface area contributed by atoms with Crippen LogP contribution in [0.4, 0.5) is 11.5 Å². The average Bonchev–Trinajstić information content (AvgIpc) is 2.81. The van der Waals surface area contributed by atoms with Gasteiger partial charge in [-0.3, -0.25) is 10.1 Å². The van der Waals surface area contributed by atoms with Crippen LogP contribution in [0.3, 0.4) is 0 Å². The van der Waals surface area contributed by atoms with Gasteiger partial charge in [-0.05, 0) is 6.92 Å². The number of carboxylic acids is 1. The molecule has 0 atom stereocenters. The molecule has 20 heavy (non-hydrogen) atoms. The van der Waals surface area contributed by atoms with E-state index in [-0.39, 0.29) is 17.9 Å². The van der Waals surface area contributed by atoms with Crippen LogP contribution >= 0.6 is 0 Å². The molecule has 2 aromatic heterocycles. The van der Waals surface area contributed by atoms with Crippen LogP contribution in [0.5, 0.6) is 0 Å². The molecule has 0 saturated heterocycles. The first-order chi connectivity index (χ1) is 9.47. The number of hydrogen-bond donors (Lipinski definition) is 2. The van der Waals surface area contributed by atoms with Crippen LogP contribution in [0.15, 0.2) is 22.9 Å². The van der Waals surface area contributed by atoms with Gasteiger partial charge >= 0.3 is 11.7 Å². The first-order valence-electron chi connectivity index (χ1n) is 5.51. The van der Waals surface area contributed by atoms with Gasteiger partial charge in [-0.2, -0.15) is 0 Å². The molecule has 0 saturated carbocycles. The summed E-state index contributed by atoms with van der Waals surface area (Å²) in [7, 11) is 0. The molecule has 0 unspecified atom stereocenters. The fourth-order valence-corrected chi connectivity index (χ4v) is 1.52. The Morgan fingerprint density at radius 3 is 2.85 bits per heavy atom. The Kier molecular flexibility index (Phi) is 3.60. The number of aryl methyl sites for hydroxylation is 1. The van der Waals surface area contributed by atoms with E-state index in [4.69, 9.17) is 9.63 Å². The predicted molar refractivity (Wildman–Crippen MR) is 66.4 cm³/mol. The van der Waals surface area contributed by atoms with E-state index in [0.29, 0.717) is 11.5 Å². The van der Waals surface area contributed by atoms with E-state index in [1.165, 1.54) is 0 Å². The molecule has 0 aliphatic heterocycles. The number of aromatic carboxylic acids is 1. The third-order valence-electron chi connectivity index (χ3n) is 2.42. The molecule has 0 fully saturated rings. The lowest BCUT2D eigenvalue weighted by atomic mass is 10.2. The second-order valence-electron chi connectivity index (χ2n) is 3.94. The van der Waals surface area contributed by atoms with E-state index >= 15 is 0 Å². The molecule has 2 heterocycles. The number of anilines is 1. The Morgan fingerprint density at radius 2 is 2.30 bits per heavy atom. The lowest BCUT2D eigenvalue weighted by Gasteiger charge is -2.04. The molecule has 0 bridgehead atoms. The Balaban J connectivity index is 2.22. The van der Waals surface area contributed by atoms with E-state index in [0.717, 1.165) is 12.3 Å². The summed E-state index contributed by atoms with van der Waals surface area (Å²) in [5.74, 6) is -0.689. The van der Waals surface area contributed by atoms with Gasteiger partial charge in [-0.25, -0.2) is 9.78 Å². The number of hydrogen-bond acceptors (Lipinski definition) is 7. The van der Waals surface area contributed by atoms with Crippen LogP contribution in [0, 0.1) is 17.0 Å². The van der Waals surface area contributed by atoms with Crippen LogP contribution in [0.1, 0.15) is 21.8 Å². The van der Waals surface area contributed by atoms with Crippen LogP contribution in [0.25, 0.3) is 0 Å². The third-order valence-corrected chi connectivity index (χ3v) is 2.42. The number of carboxylic acid groups (broad SMARTS) is 1. The van der Waals surface area contributed by atoms with Gasteiger partial charge in [0.05, 0.1) is 17.0 Å². The molecule has 2 rings (SSSR count). The number of rotatable bonds is 5. The first kappa shape index (κ1) is 13.5. The zero-order chi connectivity index (χ0) is 14.7. The molecule has 104 valence electrons. The normalized spacial score (nSPS) is 10.2. The molecular weight excluding hydrogens is 268 g/mol. The number of pyridine rings is 1. The molecule has 0 aliphatic carbocycles. The van der Waals surface area contributed by atoms with E-state index in [9.17, 15) is 14.9 Å². The zero-order valence-corrected chi connectivity index (χ0v) is 10.4. The summed E-state index contributed by atoms with van der Waals surface area (Å²) in [4.78, 5) is 24.7. The summed E-state index contributed by atoms with van der Waals surface area (Å²) in [5, 5.41) is 26.1. The van der Waals surface area contributed by atoms with E-state index in [1.54, 1.807) is 13.0 Å². The second-order valence-corrected chi connectivity index (χ2v) is 3.94. The Bertz CT molecular complexity index is 667. The molecule has 0 aromatic carbocycles. The molecule has 0 amide bonds. The fraction of sp³-hybridized carbons (Fsp3) is 0.182. The van der Waals surface area contributed by atoms with Crippen molar-refractivity contribution in [3.63, 3.8) is 0 Å². The summed E-state index contributed by atoms with van der Waals surface area (Å²) in [5.41, 5.74) is -0.106. The highest BCUT2D eigenvalue weighted by Gasteiger charge is 2.19. The Morgan fingerprint density at radius 1 is 1.55 bits per heavy atom. The van der Waals surface area contributed by atoms with E-state index in [2.05, 4.69) is 15.5 Å². The quantitative estimate of drug-likeness (QED) is 0.622. The number of carbonyl (C=O) groups is 1. The molecule has 2 N–H and O–H groups in total. The minimum absolute atomic E-state index is 0.0272. The number of nitrogens with zero attached hydrogens (tertiary/aromatic N) is 3. The molecule has 9 nitrogen and oxygen atoms in total. The molecular formula is C11H10N4O5. The minimum Gasteiger partial charge on any atom is -0.478 e. The topological polar surface area (TPSA) is 131 Å². The largest absolute Gasteiger partial charge is 0.478 e. The number of nitro groups is 1. The van der Waals surface area contributed by atoms with Crippen molar-refractivity contribution in [2.75, 3.05) is 5.32 Å². The molecule has 2 aromatic rings.